The SMILES string of the molecule is C[N+]12C=CC=C1C(N1CCCC1)c1sc(-c3ccc(Cl)cc3)cc12.I. The molecule has 1 aromatic heterocycles. The Bertz CT molecular complexity index is 864. The van der Waals surface area contributed by atoms with Gasteiger partial charge in [0.05, 0.1) is 11.9 Å². The van der Waals surface area contributed by atoms with Crippen LogP contribution in [0.4, 0.5) is 5.69 Å². The first-order chi connectivity index (χ1) is 11.7. The Labute approximate surface area is 175 Å². The molecular formula is C20H21ClIN2S+. The van der Waals surface area contributed by atoms with Gasteiger partial charge in [-0.1, -0.05) is 23.7 Å². The quantitative estimate of drug-likeness (QED) is 0.364. The molecule has 0 aliphatic carbocycles. The van der Waals surface area contributed by atoms with Crippen molar-refractivity contribution in [2.45, 2.75) is 18.9 Å². The smallest absolute Gasteiger partial charge is 0.159 e. The fourth-order valence-electron chi connectivity index (χ4n) is 4.32. The van der Waals surface area contributed by atoms with Gasteiger partial charge in [-0.2, -0.15) is 0 Å². The molecule has 0 saturated carbocycles. The first-order valence-corrected chi connectivity index (χ1v) is 9.77. The Balaban J connectivity index is 0.00000157. The van der Waals surface area contributed by atoms with E-state index < -0.39 is 0 Å². The fraction of sp³-hybridized carbons (Fsp3) is 0.300. The Morgan fingerprint density at radius 1 is 1.16 bits per heavy atom. The summed E-state index contributed by atoms with van der Waals surface area (Å²) in [5, 5.41) is 0.796. The number of thiophene rings is 1. The summed E-state index contributed by atoms with van der Waals surface area (Å²) >= 11 is 8.01. The molecule has 25 heavy (non-hydrogen) atoms. The van der Waals surface area contributed by atoms with Crippen LogP contribution in [0.15, 0.2) is 54.4 Å². The van der Waals surface area contributed by atoms with E-state index >= 15 is 0 Å². The van der Waals surface area contributed by atoms with Crippen LogP contribution < -0.4 is 4.48 Å². The van der Waals surface area contributed by atoms with Gasteiger partial charge >= 0.3 is 0 Å². The molecule has 2 nitrogen and oxygen atoms in total. The standard InChI is InChI=1S/C20H20ClN2S.HI/c1-23-12-4-5-16(23)19(22-10-2-3-11-22)20-17(23)13-18(24-20)14-6-8-15(21)9-7-14;/h4-9,12-13,19H,2-3,10-11H2,1H3;1H/q+1;. The van der Waals surface area contributed by atoms with Crippen LogP contribution in [-0.4, -0.2) is 25.0 Å². The summed E-state index contributed by atoms with van der Waals surface area (Å²) in [5.41, 5.74) is 4.22. The van der Waals surface area contributed by atoms with E-state index in [1.807, 2.05) is 23.5 Å². The predicted molar refractivity (Wildman–Crippen MR) is 119 cm³/mol. The van der Waals surface area contributed by atoms with Gasteiger partial charge in [0, 0.05) is 22.0 Å². The van der Waals surface area contributed by atoms with Crippen molar-refractivity contribution in [3.8, 4) is 10.4 Å². The van der Waals surface area contributed by atoms with Crippen LogP contribution in [0.25, 0.3) is 10.4 Å². The van der Waals surface area contributed by atoms with E-state index in [4.69, 9.17) is 11.6 Å². The molecule has 0 bridgehead atoms. The summed E-state index contributed by atoms with van der Waals surface area (Å²) < 4.78 is 0.848. The van der Waals surface area contributed by atoms with E-state index in [2.05, 4.69) is 48.5 Å². The number of benzene rings is 1. The summed E-state index contributed by atoms with van der Waals surface area (Å²) in [7, 11) is 2.32. The molecule has 0 amide bonds. The van der Waals surface area contributed by atoms with Gasteiger partial charge in [-0.05, 0) is 49.7 Å². The Morgan fingerprint density at radius 3 is 2.60 bits per heavy atom. The summed E-state index contributed by atoms with van der Waals surface area (Å²) in [4.78, 5) is 5.54. The third kappa shape index (κ3) is 2.65. The molecule has 4 heterocycles. The maximum absolute atomic E-state index is 6.06. The molecule has 0 N–H and O–H groups in total. The van der Waals surface area contributed by atoms with E-state index in [0.717, 1.165) is 9.51 Å². The average molecular weight is 484 g/mol. The molecular weight excluding hydrogens is 463 g/mol. The van der Waals surface area contributed by atoms with Gasteiger partial charge in [-0.3, -0.25) is 4.90 Å². The minimum absolute atomic E-state index is 0. The van der Waals surface area contributed by atoms with Crippen LogP contribution in [0.5, 0.6) is 0 Å². The number of hydrogen-bond acceptors (Lipinski definition) is 2. The largest absolute Gasteiger partial charge is 0.287 e. The molecule has 1 aromatic carbocycles. The number of halogens is 2. The normalized spacial score (nSPS) is 27.1. The van der Waals surface area contributed by atoms with Gasteiger partial charge < -0.3 is 0 Å². The van der Waals surface area contributed by atoms with E-state index in [9.17, 15) is 0 Å². The summed E-state index contributed by atoms with van der Waals surface area (Å²) in [6.07, 6.45) is 9.53. The highest BCUT2D eigenvalue weighted by molar-refractivity contribution is 14.0. The number of nitrogens with zero attached hydrogens (tertiary/aromatic N) is 2. The molecule has 5 rings (SSSR count). The highest BCUT2D eigenvalue weighted by atomic mass is 127. The predicted octanol–water partition coefficient (Wildman–Crippen LogP) is 6.19. The van der Waals surface area contributed by atoms with Crippen molar-refractivity contribution in [1.29, 1.82) is 0 Å². The van der Waals surface area contributed by atoms with E-state index in [0.29, 0.717) is 6.04 Å². The van der Waals surface area contributed by atoms with Crippen molar-refractivity contribution in [3.05, 3.63) is 64.3 Å². The molecule has 2 atom stereocenters. The first-order valence-electron chi connectivity index (χ1n) is 8.57. The van der Waals surface area contributed by atoms with Crippen LogP contribution in [0.1, 0.15) is 23.8 Å². The number of fused-ring (bicyclic) bond motifs is 3. The lowest BCUT2D eigenvalue weighted by Gasteiger charge is -2.28. The van der Waals surface area contributed by atoms with Gasteiger partial charge in [0.2, 0.25) is 0 Å². The fourth-order valence-corrected chi connectivity index (χ4v) is 5.84. The molecule has 1 fully saturated rings. The van der Waals surface area contributed by atoms with E-state index in [1.165, 1.54) is 52.6 Å². The van der Waals surface area contributed by atoms with E-state index in [-0.39, 0.29) is 24.0 Å². The monoisotopic (exact) mass is 483 g/mol. The summed E-state index contributed by atoms with van der Waals surface area (Å²) in [5.74, 6) is 0. The van der Waals surface area contributed by atoms with Gasteiger partial charge in [0.15, 0.2) is 5.69 Å². The molecule has 3 aliphatic rings. The second-order valence-corrected chi connectivity index (χ2v) is 8.54. The lowest BCUT2D eigenvalue weighted by molar-refractivity contribution is 0.270. The van der Waals surface area contributed by atoms with Gasteiger partial charge in [-0.15, -0.1) is 35.3 Å². The second-order valence-electron chi connectivity index (χ2n) is 7.02. The van der Waals surface area contributed by atoms with Crippen molar-refractivity contribution in [2.24, 2.45) is 0 Å². The molecule has 5 heteroatoms. The molecule has 0 radical (unpaired) electrons. The molecule has 0 spiro atoms. The van der Waals surface area contributed by atoms with Crippen molar-refractivity contribution in [3.63, 3.8) is 0 Å². The molecule has 2 unspecified atom stereocenters. The maximum atomic E-state index is 6.06. The van der Waals surface area contributed by atoms with Crippen molar-refractivity contribution in [1.82, 2.24) is 9.38 Å². The molecule has 1 saturated heterocycles. The van der Waals surface area contributed by atoms with Crippen LogP contribution in [0, 0.1) is 0 Å². The first kappa shape index (κ1) is 17.7. The summed E-state index contributed by atoms with van der Waals surface area (Å²) in [6, 6.07) is 11.1. The number of likely N-dealkylation sites (tertiary alicyclic amines) is 1. The van der Waals surface area contributed by atoms with Crippen LogP contribution in [0.2, 0.25) is 5.02 Å². The topological polar surface area (TPSA) is 3.24 Å². The number of hydrogen-bond donors (Lipinski definition) is 0. The molecule has 2 aromatic rings. The zero-order valence-corrected chi connectivity index (χ0v) is 18.0. The van der Waals surface area contributed by atoms with Gasteiger partial charge in [0.25, 0.3) is 0 Å². The van der Waals surface area contributed by atoms with Crippen LogP contribution >= 0.6 is 46.9 Å². The Morgan fingerprint density at radius 2 is 1.88 bits per heavy atom. The van der Waals surface area contributed by atoms with E-state index in [1.54, 1.807) is 0 Å². The average Bonchev–Trinajstić information content (AvgIpc) is 3.31. The number of quaternary nitrogens is 1. The molecule has 130 valence electrons. The zero-order chi connectivity index (χ0) is 16.3. The minimum Gasteiger partial charge on any atom is -0.287 e. The Kier molecular flexibility index (Phi) is 4.61. The third-order valence-electron chi connectivity index (χ3n) is 5.59. The maximum Gasteiger partial charge on any atom is 0.159 e. The lowest BCUT2D eigenvalue weighted by atomic mass is 10.1. The lowest BCUT2D eigenvalue weighted by Crippen LogP contribution is -2.36. The Hall–Kier alpha value is -0.660. The number of likely N-dealkylation sites (N-methyl/N-ethyl adjacent to an activating group) is 1. The second kappa shape index (κ2) is 6.50. The third-order valence-corrected chi connectivity index (χ3v) is 7.07. The van der Waals surface area contributed by atoms with Gasteiger partial charge in [0.1, 0.15) is 17.9 Å². The highest BCUT2D eigenvalue weighted by Gasteiger charge is 2.51. The highest BCUT2D eigenvalue weighted by Crippen LogP contribution is 2.57. The van der Waals surface area contributed by atoms with Gasteiger partial charge in [-0.25, -0.2) is 4.48 Å². The minimum atomic E-state index is 0. The van der Waals surface area contributed by atoms with Crippen molar-refractivity contribution in [2.75, 3.05) is 20.1 Å². The summed E-state index contributed by atoms with van der Waals surface area (Å²) in [6.45, 7) is 2.44. The van der Waals surface area contributed by atoms with Crippen LogP contribution in [-0.2, 0) is 0 Å². The van der Waals surface area contributed by atoms with Crippen molar-refractivity contribution >= 4 is 52.6 Å². The number of allylic oxidation sites excluding steroid dienone is 2. The number of rotatable bonds is 2. The zero-order valence-electron chi connectivity index (χ0n) is 14.1. The van der Waals surface area contributed by atoms with Crippen LogP contribution in [0.3, 0.4) is 0 Å². The molecule has 3 aliphatic heterocycles. The van der Waals surface area contributed by atoms with Crippen molar-refractivity contribution < 1.29 is 0 Å².